The van der Waals surface area contributed by atoms with Gasteiger partial charge in [-0.2, -0.15) is 0 Å². The minimum absolute atomic E-state index is 0. The van der Waals surface area contributed by atoms with E-state index in [1.165, 1.54) is 11.1 Å². The van der Waals surface area contributed by atoms with Gasteiger partial charge in [-0.25, -0.2) is 0 Å². The van der Waals surface area contributed by atoms with E-state index in [0.717, 1.165) is 38.8 Å². The highest BCUT2D eigenvalue weighted by atomic mass is 127. The Hall–Kier alpha value is -0.820. The van der Waals surface area contributed by atoms with Gasteiger partial charge in [0.25, 0.3) is 0 Å². The standard InChI is InChI=1S/C18H29N3O.HI/c1-5-19-17(21-11-18(4)12-22-13-18)20-10-15(3)16-8-6-14(2)7-9-16;/h6-9,15H,5,10-13H2,1-4H3,(H2,19,20,21);1H. The Morgan fingerprint density at radius 2 is 1.91 bits per heavy atom. The van der Waals surface area contributed by atoms with Gasteiger partial charge in [-0.1, -0.05) is 43.7 Å². The molecule has 0 aliphatic carbocycles. The fraction of sp³-hybridized carbons (Fsp3) is 0.611. The predicted octanol–water partition coefficient (Wildman–Crippen LogP) is 3.31. The summed E-state index contributed by atoms with van der Waals surface area (Å²) in [5, 5.41) is 6.77. The number of guanidine groups is 1. The third-order valence-electron chi connectivity index (χ3n) is 4.09. The van der Waals surface area contributed by atoms with Crippen molar-refractivity contribution in [2.45, 2.75) is 33.6 Å². The van der Waals surface area contributed by atoms with Gasteiger partial charge in [-0.3, -0.25) is 4.99 Å². The van der Waals surface area contributed by atoms with Crippen LogP contribution in [0.4, 0.5) is 0 Å². The summed E-state index contributed by atoms with van der Waals surface area (Å²) in [5.41, 5.74) is 2.87. The lowest BCUT2D eigenvalue weighted by molar-refractivity contribution is -0.0945. The van der Waals surface area contributed by atoms with Crippen molar-refractivity contribution in [1.29, 1.82) is 0 Å². The van der Waals surface area contributed by atoms with Crippen LogP contribution in [0.3, 0.4) is 0 Å². The minimum atomic E-state index is 0. The molecule has 1 saturated heterocycles. The number of halogens is 1. The van der Waals surface area contributed by atoms with Gasteiger partial charge in [0.1, 0.15) is 0 Å². The van der Waals surface area contributed by atoms with Crippen LogP contribution in [0, 0.1) is 12.3 Å². The average Bonchev–Trinajstić information content (AvgIpc) is 2.48. The minimum Gasteiger partial charge on any atom is -0.380 e. The van der Waals surface area contributed by atoms with Crippen LogP contribution < -0.4 is 10.6 Å². The number of hydrogen-bond acceptors (Lipinski definition) is 2. The maximum Gasteiger partial charge on any atom is 0.191 e. The number of hydrogen-bond donors (Lipinski definition) is 2. The van der Waals surface area contributed by atoms with Gasteiger partial charge in [-0.15, -0.1) is 24.0 Å². The zero-order valence-corrected chi connectivity index (χ0v) is 17.0. The molecule has 5 heteroatoms. The number of aliphatic imine (C=N–C) groups is 1. The maximum atomic E-state index is 5.29. The van der Waals surface area contributed by atoms with Gasteiger partial charge in [0.2, 0.25) is 0 Å². The van der Waals surface area contributed by atoms with Crippen molar-refractivity contribution in [3.05, 3.63) is 35.4 Å². The first-order chi connectivity index (χ1) is 10.5. The Morgan fingerprint density at radius 1 is 1.26 bits per heavy atom. The van der Waals surface area contributed by atoms with Crippen LogP contribution >= 0.6 is 24.0 Å². The van der Waals surface area contributed by atoms with Crippen molar-refractivity contribution < 1.29 is 4.74 Å². The van der Waals surface area contributed by atoms with E-state index in [4.69, 9.17) is 9.73 Å². The van der Waals surface area contributed by atoms with Gasteiger partial charge in [0, 0.05) is 18.5 Å². The lowest BCUT2D eigenvalue weighted by Gasteiger charge is -2.36. The molecule has 1 atom stereocenters. The molecule has 0 aromatic heterocycles. The first-order valence-corrected chi connectivity index (χ1v) is 8.19. The van der Waals surface area contributed by atoms with Crippen LogP contribution in [0.1, 0.15) is 37.8 Å². The van der Waals surface area contributed by atoms with E-state index in [-0.39, 0.29) is 29.4 Å². The quantitative estimate of drug-likeness (QED) is 0.413. The number of ether oxygens (including phenoxy) is 1. The van der Waals surface area contributed by atoms with E-state index in [1.54, 1.807) is 0 Å². The largest absolute Gasteiger partial charge is 0.380 e. The fourth-order valence-corrected chi connectivity index (χ4v) is 2.42. The molecular weight excluding hydrogens is 401 g/mol. The van der Waals surface area contributed by atoms with E-state index >= 15 is 0 Å². The molecule has 1 aromatic carbocycles. The Morgan fingerprint density at radius 3 is 2.43 bits per heavy atom. The summed E-state index contributed by atoms with van der Waals surface area (Å²) < 4.78 is 5.29. The van der Waals surface area contributed by atoms with Crippen LogP contribution in [0.25, 0.3) is 0 Å². The van der Waals surface area contributed by atoms with Crippen molar-refractivity contribution in [3.8, 4) is 0 Å². The third-order valence-corrected chi connectivity index (χ3v) is 4.09. The van der Waals surface area contributed by atoms with Crippen LogP contribution in [0.15, 0.2) is 29.3 Å². The molecule has 0 spiro atoms. The zero-order valence-electron chi connectivity index (χ0n) is 14.7. The maximum absolute atomic E-state index is 5.29. The molecule has 23 heavy (non-hydrogen) atoms. The van der Waals surface area contributed by atoms with Crippen molar-refractivity contribution >= 4 is 29.9 Å². The number of nitrogens with zero attached hydrogens (tertiary/aromatic N) is 1. The van der Waals surface area contributed by atoms with E-state index < -0.39 is 0 Å². The molecule has 2 rings (SSSR count). The summed E-state index contributed by atoms with van der Waals surface area (Å²) in [7, 11) is 0. The predicted molar refractivity (Wildman–Crippen MR) is 108 cm³/mol. The first-order valence-electron chi connectivity index (χ1n) is 8.19. The van der Waals surface area contributed by atoms with Crippen LogP contribution in [0.2, 0.25) is 0 Å². The molecule has 4 nitrogen and oxygen atoms in total. The van der Waals surface area contributed by atoms with E-state index in [1.807, 2.05) is 0 Å². The third kappa shape index (κ3) is 6.30. The highest BCUT2D eigenvalue weighted by Crippen LogP contribution is 2.26. The lowest BCUT2D eigenvalue weighted by Crippen LogP contribution is -2.44. The Kier molecular flexibility index (Phi) is 8.33. The average molecular weight is 431 g/mol. The summed E-state index contributed by atoms with van der Waals surface area (Å²) in [6.07, 6.45) is 0. The lowest BCUT2D eigenvalue weighted by atomic mass is 9.89. The molecule has 0 saturated carbocycles. The molecule has 1 aliphatic heterocycles. The highest BCUT2D eigenvalue weighted by Gasteiger charge is 2.33. The second kappa shape index (κ2) is 9.47. The molecule has 1 aliphatic rings. The van der Waals surface area contributed by atoms with Crippen molar-refractivity contribution in [2.24, 2.45) is 10.4 Å². The summed E-state index contributed by atoms with van der Waals surface area (Å²) in [6, 6.07) is 8.75. The highest BCUT2D eigenvalue weighted by molar-refractivity contribution is 14.0. The fourth-order valence-electron chi connectivity index (χ4n) is 2.42. The number of aryl methyl sites for hydroxylation is 1. The van der Waals surface area contributed by atoms with E-state index in [2.05, 4.69) is 62.6 Å². The molecule has 1 heterocycles. The van der Waals surface area contributed by atoms with Crippen molar-refractivity contribution in [3.63, 3.8) is 0 Å². The van der Waals surface area contributed by atoms with Crippen LogP contribution in [-0.2, 0) is 4.74 Å². The molecule has 0 amide bonds. The number of rotatable bonds is 6. The van der Waals surface area contributed by atoms with Gasteiger partial charge in [0.05, 0.1) is 19.8 Å². The Bertz CT molecular complexity index is 497. The zero-order chi connectivity index (χ0) is 16.0. The van der Waals surface area contributed by atoms with Gasteiger partial charge < -0.3 is 15.4 Å². The molecule has 1 unspecified atom stereocenters. The molecule has 0 bridgehead atoms. The Labute approximate surface area is 157 Å². The molecular formula is C18H30IN3O. The van der Waals surface area contributed by atoms with Gasteiger partial charge >= 0.3 is 0 Å². The second-order valence-electron chi connectivity index (χ2n) is 6.69. The molecule has 0 radical (unpaired) electrons. The molecule has 1 fully saturated rings. The molecule has 1 aromatic rings. The van der Waals surface area contributed by atoms with Gasteiger partial charge in [0.15, 0.2) is 5.96 Å². The monoisotopic (exact) mass is 431 g/mol. The summed E-state index contributed by atoms with van der Waals surface area (Å²) in [6.45, 7) is 12.9. The van der Waals surface area contributed by atoms with Crippen LogP contribution in [0.5, 0.6) is 0 Å². The van der Waals surface area contributed by atoms with Gasteiger partial charge in [-0.05, 0) is 25.3 Å². The van der Waals surface area contributed by atoms with Crippen molar-refractivity contribution in [2.75, 3.05) is 32.8 Å². The number of benzene rings is 1. The molecule has 2 N–H and O–H groups in total. The second-order valence-corrected chi connectivity index (χ2v) is 6.69. The van der Waals surface area contributed by atoms with Crippen LogP contribution in [-0.4, -0.2) is 38.8 Å². The Balaban J connectivity index is 0.00000264. The SMILES string of the molecule is CCNC(=NCC1(C)COC1)NCC(C)c1ccc(C)cc1.I. The van der Waals surface area contributed by atoms with E-state index in [9.17, 15) is 0 Å². The smallest absolute Gasteiger partial charge is 0.191 e. The topological polar surface area (TPSA) is 45.7 Å². The summed E-state index contributed by atoms with van der Waals surface area (Å²) in [5.74, 6) is 1.35. The normalized spacial score (nSPS) is 17.7. The first kappa shape index (κ1) is 20.2. The summed E-state index contributed by atoms with van der Waals surface area (Å²) in [4.78, 5) is 4.70. The summed E-state index contributed by atoms with van der Waals surface area (Å²) >= 11 is 0. The number of nitrogens with one attached hydrogen (secondary N) is 2. The van der Waals surface area contributed by atoms with Crippen molar-refractivity contribution in [1.82, 2.24) is 10.6 Å². The van der Waals surface area contributed by atoms with E-state index in [0.29, 0.717) is 5.92 Å². The molecule has 130 valence electrons.